The molecule has 2 N–H and O–H groups in total. The number of nitrogens with zero attached hydrogens (tertiary/aromatic N) is 5. The second-order valence-electron chi connectivity index (χ2n) is 9.04. The summed E-state index contributed by atoms with van der Waals surface area (Å²) in [5.41, 5.74) is 4.54. The lowest BCUT2D eigenvalue weighted by Crippen LogP contribution is -2.52. The lowest BCUT2D eigenvalue weighted by molar-refractivity contribution is 0.0783. The van der Waals surface area contributed by atoms with Crippen molar-refractivity contribution in [2.75, 3.05) is 38.2 Å². The number of hydrogen-bond donors (Lipinski definition) is 2. The SMILES string of the molecule is CCNC(C)CNC(=O)c1cc(-c2cnn3ccc(-c4ccccc4)nc23)nc(N2CC(OC)C2)c1. The molecule has 186 valence electrons. The highest BCUT2D eigenvalue weighted by Gasteiger charge is 2.29. The van der Waals surface area contributed by atoms with Crippen LogP contribution in [0.2, 0.25) is 0 Å². The molecule has 4 heterocycles. The summed E-state index contributed by atoms with van der Waals surface area (Å²) < 4.78 is 7.17. The van der Waals surface area contributed by atoms with Crippen LogP contribution in [-0.4, -0.2) is 70.9 Å². The minimum absolute atomic E-state index is 0.136. The summed E-state index contributed by atoms with van der Waals surface area (Å²) in [7, 11) is 1.71. The van der Waals surface area contributed by atoms with Gasteiger partial charge in [0.1, 0.15) is 5.82 Å². The number of methoxy groups -OCH3 is 1. The first-order chi connectivity index (χ1) is 17.6. The number of carbonyl (C=O) groups is 1. The predicted octanol–water partition coefficient (Wildman–Crippen LogP) is 3.02. The summed E-state index contributed by atoms with van der Waals surface area (Å²) in [5.74, 6) is 0.604. The molecule has 4 aromatic rings. The number of amides is 1. The smallest absolute Gasteiger partial charge is 0.251 e. The Morgan fingerprint density at radius 1 is 1.14 bits per heavy atom. The standard InChI is InChI=1S/C27H31N7O2/c1-4-28-18(2)14-29-27(35)20-12-24(31-25(13-20)33-16-21(17-33)36-3)22-15-30-34-11-10-23(32-26(22)34)19-8-6-5-7-9-19/h5-13,15,18,21,28H,4,14,16-17H2,1-3H3,(H,29,35). The van der Waals surface area contributed by atoms with Gasteiger partial charge in [0.2, 0.25) is 0 Å². The second-order valence-corrected chi connectivity index (χ2v) is 9.04. The predicted molar refractivity (Wildman–Crippen MR) is 140 cm³/mol. The topological polar surface area (TPSA) is 96.7 Å². The molecule has 1 atom stereocenters. The summed E-state index contributed by atoms with van der Waals surface area (Å²) in [6.07, 6.45) is 3.82. The van der Waals surface area contributed by atoms with E-state index < -0.39 is 0 Å². The molecule has 0 radical (unpaired) electrons. The summed E-state index contributed by atoms with van der Waals surface area (Å²) >= 11 is 0. The number of nitrogens with one attached hydrogen (secondary N) is 2. The lowest BCUT2D eigenvalue weighted by Gasteiger charge is -2.39. The van der Waals surface area contributed by atoms with Crippen LogP contribution in [0.15, 0.2) is 60.9 Å². The van der Waals surface area contributed by atoms with Crippen molar-refractivity contribution in [1.29, 1.82) is 0 Å². The molecule has 3 aromatic heterocycles. The van der Waals surface area contributed by atoms with Crippen LogP contribution in [0.5, 0.6) is 0 Å². The minimum atomic E-state index is -0.136. The van der Waals surface area contributed by atoms with Gasteiger partial charge in [-0.25, -0.2) is 14.5 Å². The van der Waals surface area contributed by atoms with E-state index in [1.54, 1.807) is 17.8 Å². The van der Waals surface area contributed by atoms with E-state index in [1.807, 2.05) is 68.6 Å². The van der Waals surface area contributed by atoms with Crippen LogP contribution in [-0.2, 0) is 4.74 Å². The fourth-order valence-corrected chi connectivity index (χ4v) is 4.31. The van der Waals surface area contributed by atoms with Crippen LogP contribution in [0.1, 0.15) is 24.2 Å². The van der Waals surface area contributed by atoms with Gasteiger partial charge in [-0.05, 0) is 31.7 Å². The minimum Gasteiger partial charge on any atom is -0.378 e. The number of hydrogen-bond acceptors (Lipinski definition) is 7. The van der Waals surface area contributed by atoms with Gasteiger partial charge in [0, 0.05) is 50.1 Å². The van der Waals surface area contributed by atoms with E-state index in [-0.39, 0.29) is 18.1 Å². The van der Waals surface area contributed by atoms with E-state index >= 15 is 0 Å². The van der Waals surface area contributed by atoms with Gasteiger partial charge < -0.3 is 20.3 Å². The van der Waals surface area contributed by atoms with Crippen LogP contribution < -0.4 is 15.5 Å². The van der Waals surface area contributed by atoms with Gasteiger partial charge in [-0.3, -0.25) is 4.79 Å². The molecule has 0 saturated carbocycles. The molecule has 0 bridgehead atoms. The molecular weight excluding hydrogens is 454 g/mol. The van der Waals surface area contributed by atoms with Gasteiger partial charge in [-0.2, -0.15) is 5.10 Å². The number of carbonyl (C=O) groups excluding carboxylic acids is 1. The summed E-state index contributed by atoms with van der Waals surface area (Å²) in [6.45, 7) is 6.95. The molecular formula is C27H31N7O2. The highest BCUT2D eigenvalue weighted by Crippen LogP contribution is 2.29. The highest BCUT2D eigenvalue weighted by molar-refractivity contribution is 5.96. The first-order valence-electron chi connectivity index (χ1n) is 12.3. The molecule has 1 saturated heterocycles. The van der Waals surface area contributed by atoms with Crippen LogP contribution in [0, 0.1) is 0 Å². The molecule has 5 rings (SSSR count). The third-order valence-electron chi connectivity index (χ3n) is 6.42. The van der Waals surface area contributed by atoms with E-state index in [2.05, 4.69) is 20.6 Å². The third kappa shape index (κ3) is 4.93. The molecule has 1 aliphatic rings. The van der Waals surface area contributed by atoms with Gasteiger partial charge in [0.25, 0.3) is 5.91 Å². The van der Waals surface area contributed by atoms with Crippen molar-refractivity contribution in [3.63, 3.8) is 0 Å². The number of ether oxygens (including phenoxy) is 1. The first-order valence-corrected chi connectivity index (χ1v) is 12.3. The zero-order valence-electron chi connectivity index (χ0n) is 20.8. The summed E-state index contributed by atoms with van der Waals surface area (Å²) in [6, 6.07) is 15.8. The zero-order valence-corrected chi connectivity index (χ0v) is 20.8. The van der Waals surface area contributed by atoms with Gasteiger partial charge in [-0.1, -0.05) is 37.3 Å². The van der Waals surface area contributed by atoms with Gasteiger partial charge in [0.15, 0.2) is 5.65 Å². The summed E-state index contributed by atoms with van der Waals surface area (Å²) in [4.78, 5) is 25.0. The Labute approximate surface area is 210 Å². The molecule has 1 fully saturated rings. The van der Waals surface area contributed by atoms with Crippen molar-refractivity contribution in [1.82, 2.24) is 30.2 Å². The van der Waals surface area contributed by atoms with E-state index in [9.17, 15) is 4.79 Å². The van der Waals surface area contributed by atoms with Crippen molar-refractivity contribution in [3.8, 4) is 22.5 Å². The zero-order chi connectivity index (χ0) is 25.1. The Kier molecular flexibility index (Phi) is 6.92. The lowest BCUT2D eigenvalue weighted by atomic mass is 10.1. The molecule has 0 spiro atoms. The first kappa shape index (κ1) is 23.9. The Morgan fingerprint density at radius 3 is 2.69 bits per heavy atom. The number of rotatable bonds is 9. The second kappa shape index (κ2) is 10.4. The number of aromatic nitrogens is 4. The summed E-state index contributed by atoms with van der Waals surface area (Å²) in [5, 5.41) is 10.8. The van der Waals surface area contributed by atoms with Crippen LogP contribution in [0.25, 0.3) is 28.2 Å². The van der Waals surface area contributed by atoms with Crippen molar-refractivity contribution < 1.29 is 9.53 Å². The van der Waals surface area contributed by atoms with Crippen LogP contribution in [0.4, 0.5) is 5.82 Å². The van der Waals surface area contributed by atoms with E-state index in [0.29, 0.717) is 23.4 Å². The Morgan fingerprint density at radius 2 is 1.94 bits per heavy atom. The van der Waals surface area contributed by atoms with E-state index in [1.165, 1.54) is 0 Å². The maximum absolute atomic E-state index is 13.1. The maximum Gasteiger partial charge on any atom is 0.251 e. The third-order valence-corrected chi connectivity index (χ3v) is 6.42. The highest BCUT2D eigenvalue weighted by atomic mass is 16.5. The molecule has 1 aliphatic heterocycles. The molecule has 9 heteroatoms. The van der Waals surface area contributed by atoms with Crippen molar-refractivity contribution in [2.24, 2.45) is 0 Å². The number of pyridine rings is 1. The number of likely N-dealkylation sites (N-methyl/N-ethyl adjacent to an activating group) is 1. The molecule has 36 heavy (non-hydrogen) atoms. The van der Waals surface area contributed by atoms with Crippen molar-refractivity contribution in [2.45, 2.75) is 26.0 Å². The number of benzene rings is 1. The Hall–Kier alpha value is -3.82. The Balaban J connectivity index is 1.52. The normalized spacial score (nSPS) is 14.6. The van der Waals surface area contributed by atoms with E-state index in [0.717, 1.165) is 42.3 Å². The van der Waals surface area contributed by atoms with Gasteiger partial charge in [0.05, 0.1) is 29.3 Å². The quantitative estimate of drug-likeness (QED) is 0.376. The average Bonchev–Trinajstić information content (AvgIpc) is 3.30. The fourth-order valence-electron chi connectivity index (χ4n) is 4.31. The van der Waals surface area contributed by atoms with E-state index in [4.69, 9.17) is 14.7 Å². The monoisotopic (exact) mass is 485 g/mol. The number of anilines is 1. The van der Waals surface area contributed by atoms with Crippen molar-refractivity contribution >= 4 is 17.4 Å². The van der Waals surface area contributed by atoms with Crippen molar-refractivity contribution in [3.05, 3.63) is 66.5 Å². The van der Waals surface area contributed by atoms with Crippen LogP contribution >= 0.6 is 0 Å². The number of fused-ring (bicyclic) bond motifs is 1. The van der Waals surface area contributed by atoms with Gasteiger partial charge in [-0.15, -0.1) is 0 Å². The molecule has 1 amide bonds. The molecule has 9 nitrogen and oxygen atoms in total. The van der Waals surface area contributed by atoms with Crippen LogP contribution in [0.3, 0.4) is 0 Å². The molecule has 1 unspecified atom stereocenters. The molecule has 0 aliphatic carbocycles. The average molecular weight is 486 g/mol. The molecule has 1 aromatic carbocycles. The fraction of sp³-hybridized carbons (Fsp3) is 0.333. The maximum atomic E-state index is 13.1. The largest absolute Gasteiger partial charge is 0.378 e. The Bertz CT molecular complexity index is 1350. The van der Waals surface area contributed by atoms with Gasteiger partial charge >= 0.3 is 0 Å².